The number of hydrogen-bond donors (Lipinski definition) is 0. The van der Waals surface area contributed by atoms with E-state index in [9.17, 15) is 20.2 Å². The van der Waals surface area contributed by atoms with Crippen LogP contribution in [0.5, 0.6) is 11.5 Å². The minimum absolute atomic E-state index is 0.0574. The Kier molecular flexibility index (Phi) is 6.14. The molecule has 0 fully saturated rings. The molecule has 0 aromatic heterocycles. The van der Waals surface area contributed by atoms with E-state index in [1.807, 2.05) is 0 Å². The zero-order valence-corrected chi connectivity index (χ0v) is 17.4. The van der Waals surface area contributed by atoms with Gasteiger partial charge in [0.15, 0.2) is 5.69 Å². The lowest BCUT2D eigenvalue weighted by Gasteiger charge is -2.31. The molecule has 144 valence electrons. The fraction of sp³-hybridized carbons (Fsp3) is 0.250. The van der Waals surface area contributed by atoms with Crippen LogP contribution in [0.15, 0.2) is 24.3 Å². The molecule has 0 spiro atoms. The van der Waals surface area contributed by atoms with Crippen LogP contribution in [0.25, 0.3) is 0 Å². The molecule has 0 saturated carbocycles. The van der Waals surface area contributed by atoms with Gasteiger partial charge in [0, 0.05) is 24.3 Å². The number of nitro benzene ring substituents is 2. The van der Waals surface area contributed by atoms with Crippen molar-refractivity contribution in [3.63, 3.8) is 0 Å². The van der Waals surface area contributed by atoms with Crippen molar-refractivity contribution in [3.05, 3.63) is 66.7 Å². The van der Waals surface area contributed by atoms with E-state index in [0.29, 0.717) is 33.8 Å². The molecule has 11 heteroatoms. The molecule has 2 aromatic carbocycles. The zero-order chi connectivity index (χ0) is 20.5. The van der Waals surface area contributed by atoms with Gasteiger partial charge in [0.2, 0.25) is 0 Å². The Morgan fingerprint density at radius 2 is 1.07 bits per heavy atom. The van der Waals surface area contributed by atoms with Gasteiger partial charge >= 0.3 is 0 Å². The van der Waals surface area contributed by atoms with Crippen molar-refractivity contribution < 1.29 is 18.9 Å². The average molecular weight is 427 g/mol. The minimum Gasteiger partial charge on any atom is -0.665 e. The lowest BCUT2D eigenvalue weighted by Crippen LogP contribution is -2.03. The standard InChI is InChI=1S/C16H17N2O6PS2/c1-9-5-13(17(19)20)6-10(2)15(9)23-25(26,27)24-16-11(3)7-14(18(21)22)8-12(16)4/h5-8H,1-4H3,(H,26,27)/p-1. The van der Waals surface area contributed by atoms with Gasteiger partial charge < -0.3 is 21.3 Å². The van der Waals surface area contributed by atoms with Crippen molar-refractivity contribution >= 4 is 41.1 Å². The highest BCUT2D eigenvalue weighted by Crippen LogP contribution is 2.50. The molecule has 0 bridgehead atoms. The predicted octanol–water partition coefficient (Wildman–Crippen LogP) is 4.97. The second-order valence-corrected chi connectivity index (χ2v) is 10.8. The number of hydrogen-bond acceptors (Lipinski definition) is 8. The molecule has 0 unspecified atom stereocenters. The molecule has 0 N–H and O–H groups in total. The molecule has 0 amide bonds. The number of non-ortho nitro benzene ring substituents is 2. The normalized spacial score (nSPS) is 11.1. The van der Waals surface area contributed by atoms with Crippen molar-refractivity contribution in [1.82, 2.24) is 0 Å². The van der Waals surface area contributed by atoms with Crippen LogP contribution in [0.1, 0.15) is 22.3 Å². The van der Waals surface area contributed by atoms with Crippen LogP contribution < -0.4 is 9.05 Å². The van der Waals surface area contributed by atoms with Gasteiger partial charge in [-0.05, 0) is 61.8 Å². The third-order valence-corrected chi connectivity index (χ3v) is 5.42. The third kappa shape index (κ3) is 4.97. The first kappa shape index (κ1) is 21.1. The van der Waals surface area contributed by atoms with Crippen LogP contribution in [0.2, 0.25) is 0 Å². The van der Waals surface area contributed by atoms with E-state index in [-0.39, 0.29) is 11.4 Å². The number of benzene rings is 2. The highest BCUT2D eigenvalue weighted by molar-refractivity contribution is 8.51. The van der Waals surface area contributed by atoms with Crippen molar-refractivity contribution in [3.8, 4) is 11.5 Å². The molecule has 2 rings (SSSR count). The first-order valence-corrected chi connectivity index (χ1v) is 11.3. The van der Waals surface area contributed by atoms with Crippen LogP contribution in [-0.4, -0.2) is 9.85 Å². The summed E-state index contributed by atoms with van der Waals surface area (Å²) in [4.78, 5) is 20.9. The summed E-state index contributed by atoms with van der Waals surface area (Å²) in [6.07, 6.45) is 0. The smallest absolute Gasteiger partial charge is 0.270 e. The maximum Gasteiger partial charge on any atom is 0.270 e. The predicted molar refractivity (Wildman–Crippen MR) is 108 cm³/mol. The Labute approximate surface area is 166 Å². The maximum absolute atomic E-state index is 11.0. The highest BCUT2D eigenvalue weighted by atomic mass is 32.9. The molecule has 0 atom stereocenters. The molecule has 8 nitrogen and oxygen atoms in total. The van der Waals surface area contributed by atoms with Crippen LogP contribution in [0.4, 0.5) is 11.4 Å². The van der Waals surface area contributed by atoms with Gasteiger partial charge in [-0.25, -0.2) is 0 Å². The van der Waals surface area contributed by atoms with Gasteiger partial charge in [0.1, 0.15) is 11.5 Å². The Hall–Kier alpha value is -2.16. The van der Waals surface area contributed by atoms with Crippen molar-refractivity contribution in [2.45, 2.75) is 27.7 Å². The summed E-state index contributed by atoms with van der Waals surface area (Å²) in [5, 5.41) is 21.9. The van der Waals surface area contributed by atoms with E-state index in [2.05, 4.69) is 0 Å². The second kappa shape index (κ2) is 7.84. The van der Waals surface area contributed by atoms with E-state index in [1.165, 1.54) is 24.3 Å². The van der Waals surface area contributed by atoms with Crippen LogP contribution in [-0.2, 0) is 24.1 Å². The fourth-order valence-electron chi connectivity index (χ4n) is 2.60. The Morgan fingerprint density at radius 3 is 1.30 bits per heavy atom. The number of nitro groups is 2. The molecule has 0 heterocycles. The molecular formula is C16H16N2O6PS2-. The first-order chi connectivity index (χ1) is 12.4. The number of nitrogens with zero attached hydrogens (tertiary/aromatic N) is 2. The fourth-order valence-corrected chi connectivity index (χ4v) is 4.55. The monoisotopic (exact) mass is 427 g/mol. The van der Waals surface area contributed by atoms with Crippen molar-refractivity contribution in [2.24, 2.45) is 0 Å². The minimum atomic E-state index is -3.24. The Balaban J connectivity index is 2.35. The lowest BCUT2D eigenvalue weighted by molar-refractivity contribution is -0.385. The maximum atomic E-state index is 11.0. The largest absolute Gasteiger partial charge is 0.665 e. The van der Waals surface area contributed by atoms with E-state index in [4.69, 9.17) is 33.1 Å². The summed E-state index contributed by atoms with van der Waals surface area (Å²) >= 11 is 10.7. The summed E-state index contributed by atoms with van der Waals surface area (Å²) in [6, 6.07) is 5.48. The van der Waals surface area contributed by atoms with E-state index >= 15 is 0 Å². The highest BCUT2D eigenvalue weighted by Gasteiger charge is 2.19. The summed E-state index contributed by atoms with van der Waals surface area (Å²) in [5.74, 6) is 0.687. The molecule has 0 radical (unpaired) electrons. The molecule has 0 aliphatic rings. The van der Waals surface area contributed by atoms with Gasteiger partial charge in [0.05, 0.1) is 9.85 Å². The van der Waals surface area contributed by atoms with Crippen molar-refractivity contribution in [1.29, 1.82) is 0 Å². The van der Waals surface area contributed by atoms with Crippen LogP contribution in [0, 0.1) is 47.9 Å². The third-order valence-electron chi connectivity index (χ3n) is 3.72. The molecule has 0 aliphatic heterocycles. The molecular weight excluding hydrogens is 411 g/mol. The van der Waals surface area contributed by atoms with E-state index < -0.39 is 15.5 Å². The Bertz CT molecular complexity index is 873. The lowest BCUT2D eigenvalue weighted by atomic mass is 10.1. The van der Waals surface area contributed by atoms with Gasteiger partial charge in [-0.15, -0.1) is 0 Å². The summed E-state index contributed by atoms with van der Waals surface area (Å²) in [6.45, 7) is 6.62. The van der Waals surface area contributed by atoms with Gasteiger partial charge in [0.25, 0.3) is 11.4 Å². The second-order valence-electron chi connectivity index (χ2n) is 5.96. The molecule has 27 heavy (non-hydrogen) atoms. The van der Waals surface area contributed by atoms with Gasteiger partial charge in [-0.3, -0.25) is 20.2 Å². The van der Waals surface area contributed by atoms with Crippen LogP contribution >= 0.6 is 5.69 Å². The first-order valence-electron chi connectivity index (χ1n) is 7.63. The summed E-state index contributed by atoms with van der Waals surface area (Å²) in [7, 11) is 0. The van der Waals surface area contributed by atoms with E-state index in [1.54, 1.807) is 27.7 Å². The average Bonchev–Trinajstić information content (AvgIpc) is 2.53. The topological polar surface area (TPSA) is 105 Å². The molecule has 2 aromatic rings. The number of rotatable bonds is 6. The zero-order valence-electron chi connectivity index (χ0n) is 14.9. The number of aryl methyl sites for hydroxylation is 4. The van der Waals surface area contributed by atoms with Gasteiger partial charge in [-0.2, -0.15) is 0 Å². The van der Waals surface area contributed by atoms with E-state index in [0.717, 1.165) is 0 Å². The molecule has 0 saturated heterocycles. The molecule has 0 aliphatic carbocycles. The summed E-state index contributed by atoms with van der Waals surface area (Å²) < 4.78 is 11.5. The van der Waals surface area contributed by atoms with Gasteiger partial charge in [-0.1, -0.05) is 0 Å². The summed E-state index contributed by atoms with van der Waals surface area (Å²) in [5.41, 5.74) is -1.30. The Morgan fingerprint density at radius 1 is 0.815 bits per heavy atom. The quantitative estimate of drug-likeness (QED) is 0.275. The van der Waals surface area contributed by atoms with Crippen LogP contribution in [0.3, 0.4) is 0 Å². The van der Waals surface area contributed by atoms with Crippen molar-refractivity contribution in [2.75, 3.05) is 0 Å². The SMILES string of the molecule is Cc1cc([N+](=O)[O-])cc(C)c1OP(=S)([S-])Oc1c(C)cc([N+](=O)[O-])cc1C.